The first-order valence-corrected chi connectivity index (χ1v) is 29.0. The first-order chi connectivity index (χ1) is 35.0. The van der Waals surface area contributed by atoms with Crippen molar-refractivity contribution in [1.29, 1.82) is 0 Å². The van der Waals surface area contributed by atoms with Crippen LogP contribution in [0.25, 0.3) is 0 Å². The van der Waals surface area contributed by atoms with E-state index in [4.69, 9.17) is 14.2 Å². The van der Waals surface area contributed by atoms with Crippen LogP contribution in [0.4, 0.5) is 0 Å². The lowest BCUT2D eigenvalue weighted by Crippen LogP contribution is -2.30. The lowest BCUT2D eigenvalue weighted by atomic mass is 10.1. The van der Waals surface area contributed by atoms with E-state index in [1.54, 1.807) is 0 Å². The predicted octanol–water partition coefficient (Wildman–Crippen LogP) is 19.6. The van der Waals surface area contributed by atoms with Gasteiger partial charge in [-0.15, -0.1) is 0 Å². The third kappa shape index (κ3) is 56.6. The van der Waals surface area contributed by atoms with Gasteiger partial charge < -0.3 is 14.2 Å². The van der Waals surface area contributed by atoms with Crippen molar-refractivity contribution >= 4 is 17.9 Å². The molecule has 0 aliphatic carbocycles. The molecule has 0 aromatic rings. The zero-order valence-corrected chi connectivity index (χ0v) is 45.9. The van der Waals surface area contributed by atoms with E-state index in [0.717, 1.165) is 109 Å². The highest BCUT2D eigenvalue weighted by Gasteiger charge is 2.19. The third-order valence-corrected chi connectivity index (χ3v) is 11.9. The van der Waals surface area contributed by atoms with Gasteiger partial charge in [0.05, 0.1) is 0 Å². The van der Waals surface area contributed by atoms with Crippen LogP contribution in [0.2, 0.25) is 0 Å². The Morgan fingerprint density at radius 2 is 0.563 bits per heavy atom. The lowest BCUT2D eigenvalue weighted by molar-refractivity contribution is -0.167. The molecule has 0 saturated carbocycles. The normalized spacial score (nSPS) is 13.0. The van der Waals surface area contributed by atoms with Crippen LogP contribution in [0.15, 0.2) is 122 Å². The Morgan fingerprint density at radius 1 is 0.296 bits per heavy atom. The van der Waals surface area contributed by atoms with Crippen LogP contribution in [0.5, 0.6) is 0 Å². The molecule has 0 aliphatic heterocycles. The number of carbonyl (C=O) groups excluding carboxylic acids is 3. The van der Waals surface area contributed by atoms with Gasteiger partial charge in [0, 0.05) is 19.3 Å². The van der Waals surface area contributed by atoms with Gasteiger partial charge in [-0.2, -0.15) is 0 Å². The second-order valence-corrected chi connectivity index (χ2v) is 18.8. The van der Waals surface area contributed by atoms with E-state index in [2.05, 4.69) is 142 Å². The maximum Gasteiger partial charge on any atom is 0.306 e. The molecule has 0 spiro atoms. The molecule has 0 radical (unpaired) electrons. The second-order valence-electron chi connectivity index (χ2n) is 18.8. The number of ether oxygens (including phenoxy) is 3. The van der Waals surface area contributed by atoms with E-state index < -0.39 is 6.10 Å². The monoisotopic (exact) mass is 983 g/mol. The highest BCUT2D eigenvalue weighted by atomic mass is 16.6. The van der Waals surface area contributed by atoms with Crippen LogP contribution < -0.4 is 0 Å². The first kappa shape index (κ1) is 66.8. The number of unbranched alkanes of at least 4 members (excludes halogenated alkanes) is 20. The summed E-state index contributed by atoms with van der Waals surface area (Å²) < 4.78 is 16.8. The maximum absolute atomic E-state index is 12.9. The van der Waals surface area contributed by atoms with E-state index >= 15 is 0 Å². The smallest absolute Gasteiger partial charge is 0.306 e. The molecule has 0 amide bonds. The lowest BCUT2D eigenvalue weighted by Gasteiger charge is -2.18. The maximum atomic E-state index is 12.9. The van der Waals surface area contributed by atoms with E-state index in [-0.39, 0.29) is 37.5 Å². The SMILES string of the molecule is CC/C=C\C/C=C\C/C=C\C/C=C\C/C=C\CCCC(=O)OC[C@H](COC(=O)CCCCCC/C=C\C/C=C\C/C=C\CCCCC)OC(=O)CCCCCCCCCCC/C=C\C/C=C\CCCCC. The Kier molecular flexibility index (Phi) is 54.9. The molecular formula is C65H106O6. The van der Waals surface area contributed by atoms with Gasteiger partial charge in [0.25, 0.3) is 0 Å². The highest BCUT2D eigenvalue weighted by Crippen LogP contribution is 2.14. The van der Waals surface area contributed by atoms with E-state index in [0.29, 0.717) is 19.3 Å². The van der Waals surface area contributed by atoms with Crippen LogP contribution in [-0.4, -0.2) is 37.2 Å². The van der Waals surface area contributed by atoms with Crippen molar-refractivity contribution in [2.45, 2.75) is 258 Å². The Balaban J connectivity index is 4.53. The summed E-state index contributed by atoms with van der Waals surface area (Å²) >= 11 is 0. The molecule has 0 fully saturated rings. The number of allylic oxidation sites excluding steroid dienone is 20. The number of rotatable bonds is 51. The van der Waals surface area contributed by atoms with Crippen LogP contribution in [-0.2, 0) is 28.6 Å². The minimum atomic E-state index is -0.817. The van der Waals surface area contributed by atoms with Gasteiger partial charge in [-0.05, 0) is 128 Å². The molecule has 402 valence electrons. The Morgan fingerprint density at radius 3 is 0.915 bits per heavy atom. The second kappa shape index (κ2) is 58.4. The molecule has 1 atom stereocenters. The van der Waals surface area contributed by atoms with Gasteiger partial charge in [0.2, 0.25) is 0 Å². The van der Waals surface area contributed by atoms with Crippen LogP contribution in [0, 0.1) is 0 Å². The van der Waals surface area contributed by atoms with Gasteiger partial charge in [0.15, 0.2) is 6.10 Å². The van der Waals surface area contributed by atoms with Crippen LogP contribution in [0.1, 0.15) is 252 Å². The fourth-order valence-corrected chi connectivity index (χ4v) is 7.57. The van der Waals surface area contributed by atoms with E-state index in [1.165, 1.54) is 96.3 Å². The molecule has 0 N–H and O–H groups in total. The summed E-state index contributed by atoms with van der Waals surface area (Å²) in [5.74, 6) is -0.997. The Labute approximate surface area is 437 Å². The number of hydrogen-bond acceptors (Lipinski definition) is 6. The minimum Gasteiger partial charge on any atom is -0.462 e. The quantitative estimate of drug-likeness (QED) is 0.0261. The average molecular weight is 984 g/mol. The molecule has 6 nitrogen and oxygen atoms in total. The van der Waals surface area contributed by atoms with E-state index in [9.17, 15) is 14.4 Å². The van der Waals surface area contributed by atoms with Gasteiger partial charge in [0.1, 0.15) is 13.2 Å². The van der Waals surface area contributed by atoms with Crippen molar-refractivity contribution in [2.24, 2.45) is 0 Å². The molecule has 0 rings (SSSR count). The summed E-state index contributed by atoms with van der Waals surface area (Å²) in [6, 6.07) is 0. The zero-order valence-electron chi connectivity index (χ0n) is 45.9. The van der Waals surface area contributed by atoms with Gasteiger partial charge in [-0.1, -0.05) is 226 Å². The number of carbonyl (C=O) groups is 3. The molecule has 0 heterocycles. The van der Waals surface area contributed by atoms with Crippen molar-refractivity contribution in [3.05, 3.63) is 122 Å². The first-order valence-electron chi connectivity index (χ1n) is 29.0. The molecule has 0 aromatic heterocycles. The summed E-state index contributed by atoms with van der Waals surface area (Å²) in [6.07, 6.45) is 80.4. The average Bonchev–Trinajstić information content (AvgIpc) is 3.37. The molecule has 0 bridgehead atoms. The van der Waals surface area contributed by atoms with Gasteiger partial charge in [-0.3, -0.25) is 14.4 Å². The van der Waals surface area contributed by atoms with Crippen molar-refractivity contribution in [2.75, 3.05) is 13.2 Å². The van der Waals surface area contributed by atoms with Crippen molar-refractivity contribution < 1.29 is 28.6 Å². The van der Waals surface area contributed by atoms with Crippen LogP contribution >= 0.6 is 0 Å². The summed E-state index contributed by atoms with van der Waals surface area (Å²) in [5.41, 5.74) is 0. The number of hydrogen-bond donors (Lipinski definition) is 0. The molecule has 0 aromatic carbocycles. The highest BCUT2D eigenvalue weighted by molar-refractivity contribution is 5.71. The summed E-state index contributed by atoms with van der Waals surface area (Å²) in [6.45, 7) is 6.40. The van der Waals surface area contributed by atoms with E-state index in [1.807, 2.05) is 0 Å². The van der Waals surface area contributed by atoms with Crippen molar-refractivity contribution in [1.82, 2.24) is 0 Å². The van der Waals surface area contributed by atoms with Gasteiger partial charge in [-0.25, -0.2) is 0 Å². The molecular weight excluding hydrogens is 877 g/mol. The van der Waals surface area contributed by atoms with Gasteiger partial charge >= 0.3 is 17.9 Å². The minimum absolute atomic E-state index is 0.112. The summed E-state index contributed by atoms with van der Waals surface area (Å²) in [4.78, 5) is 38.2. The molecule has 0 unspecified atom stereocenters. The van der Waals surface area contributed by atoms with Crippen molar-refractivity contribution in [3.8, 4) is 0 Å². The largest absolute Gasteiger partial charge is 0.462 e. The molecule has 71 heavy (non-hydrogen) atoms. The summed E-state index contributed by atoms with van der Waals surface area (Å²) in [7, 11) is 0. The molecule has 0 saturated heterocycles. The molecule has 6 heteroatoms. The molecule has 0 aliphatic rings. The Hall–Kier alpha value is -4.19. The fourth-order valence-electron chi connectivity index (χ4n) is 7.57. The third-order valence-electron chi connectivity index (χ3n) is 11.9. The Bertz CT molecular complexity index is 1500. The standard InChI is InChI=1S/C65H106O6/c1-4-7-10-13-16-19-22-25-28-31-32-35-38-41-44-47-50-53-56-59-65(68)71-62(60-69-63(66)57-54-51-48-45-42-39-36-33-29-26-23-20-17-14-11-8-5-2)61-70-64(67)58-55-52-49-46-43-40-37-34-30-27-24-21-18-15-12-9-6-3/h8,11,16-21,25-30,36-37,39-40,45,48,62H,4-7,9-10,12-15,22-24,31-35,38,41-44,46-47,49-61H2,1-3H3/b11-8-,19-16-,20-17-,21-18-,28-25-,29-26-,30-27-,39-36-,40-37-,48-45-/t62-/m1/s1. The number of esters is 3. The van der Waals surface area contributed by atoms with Crippen LogP contribution in [0.3, 0.4) is 0 Å². The topological polar surface area (TPSA) is 78.9 Å². The fraction of sp³-hybridized carbons (Fsp3) is 0.646. The zero-order chi connectivity index (χ0) is 51.4. The van der Waals surface area contributed by atoms with Crippen molar-refractivity contribution in [3.63, 3.8) is 0 Å². The summed E-state index contributed by atoms with van der Waals surface area (Å²) in [5, 5.41) is 0. The predicted molar refractivity (Wildman–Crippen MR) is 306 cm³/mol.